The van der Waals surface area contributed by atoms with Crippen molar-refractivity contribution in [2.75, 3.05) is 19.8 Å². The van der Waals surface area contributed by atoms with Crippen LogP contribution in [0, 0.1) is 5.82 Å². The standard InChI is InChI=1S/C21H24FNO3/c1-2-25-18-9-5-8-16(13-18)21(24)23(15-19-10-6-12-26-19)14-17-7-3-4-11-20(17)22/h3-5,7-9,11,13,19H,2,6,10,12,14-15H2,1H3. The van der Waals surface area contributed by atoms with E-state index >= 15 is 0 Å². The molecule has 1 atom stereocenters. The third-order valence-corrected chi connectivity index (χ3v) is 4.45. The van der Waals surface area contributed by atoms with Crippen molar-refractivity contribution in [2.24, 2.45) is 0 Å². The van der Waals surface area contributed by atoms with Gasteiger partial charge < -0.3 is 14.4 Å². The second-order valence-corrected chi connectivity index (χ2v) is 6.37. The molecule has 5 heteroatoms. The molecule has 1 aliphatic rings. The first-order valence-electron chi connectivity index (χ1n) is 9.04. The SMILES string of the molecule is CCOc1cccc(C(=O)N(Cc2ccccc2F)CC2CCCO2)c1. The van der Waals surface area contributed by atoms with Gasteiger partial charge in [-0.25, -0.2) is 4.39 Å². The van der Waals surface area contributed by atoms with Gasteiger partial charge in [0.1, 0.15) is 11.6 Å². The Balaban J connectivity index is 1.82. The third-order valence-electron chi connectivity index (χ3n) is 4.45. The van der Waals surface area contributed by atoms with Crippen molar-refractivity contribution in [3.05, 3.63) is 65.5 Å². The normalized spacial score (nSPS) is 16.5. The van der Waals surface area contributed by atoms with Crippen LogP contribution < -0.4 is 4.74 Å². The number of nitrogens with zero attached hydrogens (tertiary/aromatic N) is 1. The summed E-state index contributed by atoms with van der Waals surface area (Å²) in [6.45, 7) is 3.81. The van der Waals surface area contributed by atoms with Crippen molar-refractivity contribution in [1.82, 2.24) is 4.90 Å². The fourth-order valence-electron chi connectivity index (χ4n) is 3.15. The number of benzene rings is 2. The van der Waals surface area contributed by atoms with E-state index in [1.165, 1.54) is 6.07 Å². The molecule has 1 fully saturated rings. The molecule has 1 amide bonds. The van der Waals surface area contributed by atoms with Gasteiger partial charge in [-0.2, -0.15) is 0 Å². The smallest absolute Gasteiger partial charge is 0.254 e. The van der Waals surface area contributed by atoms with Gasteiger partial charge in [-0.1, -0.05) is 24.3 Å². The number of ether oxygens (including phenoxy) is 2. The first-order valence-corrected chi connectivity index (χ1v) is 9.04. The van der Waals surface area contributed by atoms with Crippen LogP contribution >= 0.6 is 0 Å². The predicted molar refractivity (Wildman–Crippen MR) is 97.7 cm³/mol. The first-order chi connectivity index (χ1) is 12.7. The van der Waals surface area contributed by atoms with Crippen molar-refractivity contribution in [3.63, 3.8) is 0 Å². The minimum Gasteiger partial charge on any atom is -0.494 e. The van der Waals surface area contributed by atoms with Crippen LogP contribution in [-0.2, 0) is 11.3 Å². The van der Waals surface area contributed by atoms with Crippen LogP contribution in [-0.4, -0.2) is 36.7 Å². The van der Waals surface area contributed by atoms with Gasteiger partial charge in [0.25, 0.3) is 5.91 Å². The highest BCUT2D eigenvalue weighted by Gasteiger charge is 2.24. The summed E-state index contributed by atoms with van der Waals surface area (Å²) in [5, 5.41) is 0. The monoisotopic (exact) mass is 357 g/mol. The molecule has 0 N–H and O–H groups in total. The van der Waals surface area contributed by atoms with Crippen LogP contribution in [0.2, 0.25) is 0 Å². The van der Waals surface area contributed by atoms with Gasteiger partial charge in [-0.15, -0.1) is 0 Å². The molecule has 3 rings (SSSR count). The Hall–Kier alpha value is -2.40. The van der Waals surface area contributed by atoms with Gasteiger partial charge in [-0.05, 0) is 44.0 Å². The molecule has 138 valence electrons. The van der Waals surface area contributed by atoms with Crippen LogP contribution in [0.25, 0.3) is 0 Å². The van der Waals surface area contributed by atoms with Crippen LogP contribution in [0.4, 0.5) is 4.39 Å². The average Bonchev–Trinajstić information content (AvgIpc) is 3.16. The van der Waals surface area contributed by atoms with Crippen molar-refractivity contribution in [3.8, 4) is 5.75 Å². The third kappa shape index (κ3) is 4.61. The summed E-state index contributed by atoms with van der Waals surface area (Å²) in [5.74, 6) is 0.201. The molecule has 0 saturated carbocycles. The summed E-state index contributed by atoms with van der Waals surface area (Å²) < 4.78 is 25.3. The number of halogens is 1. The molecule has 26 heavy (non-hydrogen) atoms. The topological polar surface area (TPSA) is 38.8 Å². The second kappa shape index (κ2) is 8.81. The van der Waals surface area contributed by atoms with Crippen LogP contribution in [0.5, 0.6) is 5.75 Å². The highest BCUT2D eigenvalue weighted by Crippen LogP contribution is 2.20. The van der Waals surface area contributed by atoms with Crippen LogP contribution in [0.15, 0.2) is 48.5 Å². The lowest BCUT2D eigenvalue weighted by atomic mass is 10.1. The fraction of sp³-hybridized carbons (Fsp3) is 0.381. The molecule has 0 radical (unpaired) electrons. The van der Waals surface area contributed by atoms with Crippen molar-refractivity contribution in [2.45, 2.75) is 32.4 Å². The van der Waals surface area contributed by atoms with E-state index in [4.69, 9.17) is 9.47 Å². The molecule has 1 heterocycles. The minimum atomic E-state index is -0.305. The number of amides is 1. The van der Waals surface area contributed by atoms with E-state index in [1.54, 1.807) is 41.3 Å². The molecule has 0 aromatic heterocycles. The Labute approximate surface area is 153 Å². The molecule has 4 nitrogen and oxygen atoms in total. The van der Waals surface area contributed by atoms with Gasteiger partial charge in [0.2, 0.25) is 0 Å². The number of hydrogen-bond acceptors (Lipinski definition) is 3. The molecule has 0 bridgehead atoms. The van der Waals surface area contributed by atoms with E-state index < -0.39 is 0 Å². The maximum atomic E-state index is 14.1. The lowest BCUT2D eigenvalue weighted by molar-refractivity contribution is 0.0504. The van der Waals surface area contributed by atoms with Crippen LogP contribution in [0.1, 0.15) is 35.7 Å². The largest absolute Gasteiger partial charge is 0.494 e. The lowest BCUT2D eigenvalue weighted by Gasteiger charge is -2.26. The zero-order chi connectivity index (χ0) is 18.4. The van der Waals surface area contributed by atoms with E-state index in [9.17, 15) is 9.18 Å². The van der Waals surface area contributed by atoms with E-state index in [0.29, 0.717) is 36.6 Å². The Bertz CT molecular complexity index is 744. The summed E-state index contributed by atoms with van der Waals surface area (Å²) >= 11 is 0. The minimum absolute atomic E-state index is 0.000739. The van der Waals surface area contributed by atoms with Crippen molar-refractivity contribution < 1.29 is 18.7 Å². The second-order valence-electron chi connectivity index (χ2n) is 6.37. The summed E-state index contributed by atoms with van der Waals surface area (Å²) in [6, 6.07) is 13.7. The van der Waals surface area contributed by atoms with Gasteiger partial charge >= 0.3 is 0 Å². The van der Waals surface area contributed by atoms with Crippen molar-refractivity contribution in [1.29, 1.82) is 0 Å². The maximum absolute atomic E-state index is 14.1. The van der Waals surface area contributed by atoms with Gasteiger partial charge in [-0.3, -0.25) is 4.79 Å². The number of carbonyl (C=O) groups is 1. The first kappa shape index (κ1) is 18.4. The van der Waals surface area contributed by atoms with Gasteiger partial charge in [0.15, 0.2) is 0 Å². The molecule has 1 aliphatic heterocycles. The quantitative estimate of drug-likeness (QED) is 0.750. The molecule has 2 aromatic carbocycles. The Morgan fingerprint density at radius 2 is 2.12 bits per heavy atom. The van der Waals surface area contributed by atoms with E-state index in [0.717, 1.165) is 12.8 Å². The van der Waals surface area contributed by atoms with E-state index in [1.807, 2.05) is 13.0 Å². The summed E-state index contributed by atoms with van der Waals surface area (Å²) in [5.41, 5.74) is 1.03. The zero-order valence-electron chi connectivity index (χ0n) is 15.0. The fourth-order valence-corrected chi connectivity index (χ4v) is 3.15. The zero-order valence-corrected chi connectivity index (χ0v) is 15.0. The number of hydrogen-bond donors (Lipinski definition) is 0. The van der Waals surface area contributed by atoms with Gasteiger partial charge in [0.05, 0.1) is 12.7 Å². The lowest BCUT2D eigenvalue weighted by Crippen LogP contribution is -2.37. The summed E-state index contributed by atoms with van der Waals surface area (Å²) in [6.07, 6.45) is 1.91. The predicted octanol–water partition coefficient (Wildman–Crippen LogP) is 4.05. The maximum Gasteiger partial charge on any atom is 0.254 e. The molecular formula is C21H24FNO3. The van der Waals surface area contributed by atoms with E-state index in [-0.39, 0.29) is 24.4 Å². The van der Waals surface area contributed by atoms with Crippen LogP contribution in [0.3, 0.4) is 0 Å². The van der Waals surface area contributed by atoms with E-state index in [2.05, 4.69) is 0 Å². The molecule has 0 aliphatic carbocycles. The summed E-state index contributed by atoms with van der Waals surface area (Å²) in [7, 11) is 0. The molecule has 1 unspecified atom stereocenters. The number of carbonyl (C=O) groups excluding carboxylic acids is 1. The van der Waals surface area contributed by atoms with Gasteiger partial charge in [0, 0.05) is 30.8 Å². The average molecular weight is 357 g/mol. The molecule has 2 aromatic rings. The molecule has 0 spiro atoms. The Morgan fingerprint density at radius 1 is 1.27 bits per heavy atom. The number of rotatable bonds is 7. The molecule has 1 saturated heterocycles. The summed E-state index contributed by atoms with van der Waals surface area (Å²) in [4.78, 5) is 14.8. The van der Waals surface area contributed by atoms with Crippen molar-refractivity contribution >= 4 is 5.91 Å². The Morgan fingerprint density at radius 3 is 2.85 bits per heavy atom. The Kier molecular flexibility index (Phi) is 6.23. The highest BCUT2D eigenvalue weighted by atomic mass is 19.1. The molecular weight excluding hydrogens is 333 g/mol. The highest BCUT2D eigenvalue weighted by molar-refractivity contribution is 5.94.